The highest BCUT2D eigenvalue weighted by atomic mass is 16.2. The first-order chi connectivity index (χ1) is 10.1. The van der Waals surface area contributed by atoms with Gasteiger partial charge < -0.3 is 4.90 Å². The van der Waals surface area contributed by atoms with E-state index in [1.165, 1.54) is 5.56 Å². The summed E-state index contributed by atoms with van der Waals surface area (Å²) in [5.41, 5.74) is 3.91. The van der Waals surface area contributed by atoms with E-state index in [-0.39, 0.29) is 5.91 Å². The number of aromatic amines is 1. The Bertz CT molecular complexity index is 635. The maximum absolute atomic E-state index is 12.2. The summed E-state index contributed by atoms with van der Waals surface area (Å²) in [6.45, 7) is 2.58. The number of amides is 1. The second kappa shape index (κ2) is 5.65. The molecule has 6 heteroatoms. The average molecular weight is 285 g/mol. The van der Waals surface area contributed by atoms with Crippen LogP contribution in [0.1, 0.15) is 27.3 Å². The third-order valence-corrected chi connectivity index (χ3v) is 3.78. The third kappa shape index (κ3) is 2.80. The van der Waals surface area contributed by atoms with Gasteiger partial charge in [-0.1, -0.05) is 0 Å². The molecule has 3 rings (SSSR count). The van der Waals surface area contributed by atoms with Crippen molar-refractivity contribution in [3.8, 4) is 0 Å². The first kappa shape index (κ1) is 13.8. The Kier molecular flexibility index (Phi) is 3.70. The minimum atomic E-state index is -0.0433. The van der Waals surface area contributed by atoms with Gasteiger partial charge in [-0.15, -0.1) is 0 Å². The molecule has 2 aromatic rings. The van der Waals surface area contributed by atoms with Gasteiger partial charge in [0.1, 0.15) is 0 Å². The van der Waals surface area contributed by atoms with Crippen molar-refractivity contribution in [1.82, 2.24) is 25.0 Å². The lowest BCUT2D eigenvalue weighted by Gasteiger charge is -2.27. The van der Waals surface area contributed by atoms with Gasteiger partial charge in [-0.3, -0.25) is 19.8 Å². The second-order valence-corrected chi connectivity index (χ2v) is 5.55. The number of nitrogens with one attached hydrogen (secondary N) is 1. The summed E-state index contributed by atoms with van der Waals surface area (Å²) in [5.74, 6) is -0.0433. The predicted octanol–water partition coefficient (Wildman–Crippen LogP) is 1.06. The molecular weight excluding hydrogens is 266 g/mol. The van der Waals surface area contributed by atoms with Crippen LogP contribution in [0.5, 0.6) is 0 Å². The zero-order valence-corrected chi connectivity index (χ0v) is 12.3. The van der Waals surface area contributed by atoms with Gasteiger partial charge in [0.2, 0.25) is 0 Å². The van der Waals surface area contributed by atoms with Crippen molar-refractivity contribution >= 4 is 5.91 Å². The lowest BCUT2D eigenvalue weighted by Crippen LogP contribution is -2.31. The molecule has 0 saturated heterocycles. The summed E-state index contributed by atoms with van der Waals surface area (Å²) in [4.78, 5) is 20.1. The van der Waals surface area contributed by atoms with Gasteiger partial charge in [0.15, 0.2) is 5.69 Å². The molecule has 6 nitrogen and oxygen atoms in total. The van der Waals surface area contributed by atoms with Crippen LogP contribution >= 0.6 is 0 Å². The average Bonchev–Trinajstić information content (AvgIpc) is 2.90. The van der Waals surface area contributed by atoms with Crippen LogP contribution in [0.15, 0.2) is 24.5 Å². The number of carbonyl (C=O) groups excluding carboxylic acids is 1. The van der Waals surface area contributed by atoms with Gasteiger partial charge in [0.25, 0.3) is 5.91 Å². The van der Waals surface area contributed by atoms with Crippen molar-refractivity contribution < 1.29 is 4.79 Å². The molecule has 1 amide bonds. The van der Waals surface area contributed by atoms with Crippen molar-refractivity contribution in [1.29, 1.82) is 0 Å². The summed E-state index contributed by atoms with van der Waals surface area (Å²) < 4.78 is 0. The molecule has 0 fully saturated rings. The fourth-order valence-electron chi connectivity index (χ4n) is 2.62. The van der Waals surface area contributed by atoms with Crippen LogP contribution in [0.25, 0.3) is 0 Å². The molecule has 0 saturated carbocycles. The van der Waals surface area contributed by atoms with Gasteiger partial charge in [-0.05, 0) is 17.7 Å². The van der Waals surface area contributed by atoms with E-state index < -0.39 is 0 Å². The van der Waals surface area contributed by atoms with Crippen molar-refractivity contribution in [2.75, 3.05) is 20.6 Å². The molecule has 0 atom stereocenters. The number of pyridine rings is 1. The van der Waals surface area contributed by atoms with Crippen molar-refractivity contribution in [3.63, 3.8) is 0 Å². The largest absolute Gasteiger partial charge is 0.343 e. The number of nitrogens with zero attached hydrogens (tertiary/aromatic N) is 4. The summed E-state index contributed by atoms with van der Waals surface area (Å²) in [6.07, 6.45) is 4.52. The van der Waals surface area contributed by atoms with Crippen LogP contribution in [0.3, 0.4) is 0 Å². The Morgan fingerprint density at radius 2 is 2.14 bits per heavy atom. The monoisotopic (exact) mass is 285 g/mol. The van der Waals surface area contributed by atoms with E-state index in [9.17, 15) is 4.79 Å². The predicted molar refractivity (Wildman–Crippen MR) is 78.7 cm³/mol. The number of aromatic nitrogens is 3. The van der Waals surface area contributed by atoms with Crippen molar-refractivity contribution in [3.05, 3.63) is 47.0 Å². The third-order valence-electron chi connectivity index (χ3n) is 3.78. The van der Waals surface area contributed by atoms with Crippen LogP contribution in [0.4, 0.5) is 0 Å². The molecule has 0 aliphatic carbocycles. The zero-order valence-electron chi connectivity index (χ0n) is 12.3. The number of rotatable bonds is 3. The summed E-state index contributed by atoms with van der Waals surface area (Å²) in [5, 5.41) is 7.22. The van der Waals surface area contributed by atoms with Gasteiger partial charge >= 0.3 is 0 Å². The zero-order chi connectivity index (χ0) is 14.8. The SMILES string of the molecule is CN(C)C(=O)c1n[nH]c2c1CN(Cc1ccncc1)CC2. The number of hydrogen-bond acceptors (Lipinski definition) is 4. The summed E-state index contributed by atoms with van der Waals surface area (Å²) >= 11 is 0. The van der Waals surface area contributed by atoms with E-state index in [1.54, 1.807) is 19.0 Å². The van der Waals surface area contributed by atoms with Crippen LogP contribution < -0.4 is 0 Å². The molecule has 0 unspecified atom stereocenters. The van der Waals surface area contributed by atoms with E-state index in [4.69, 9.17) is 0 Å². The van der Waals surface area contributed by atoms with Crippen LogP contribution in [-0.4, -0.2) is 51.5 Å². The molecule has 21 heavy (non-hydrogen) atoms. The smallest absolute Gasteiger partial charge is 0.274 e. The number of fused-ring (bicyclic) bond motifs is 1. The van der Waals surface area contributed by atoms with E-state index >= 15 is 0 Å². The maximum atomic E-state index is 12.2. The maximum Gasteiger partial charge on any atom is 0.274 e. The van der Waals surface area contributed by atoms with E-state index in [0.29, 0.717) is 5.69 Å². The quantitative estimate of drug-likeness (QED) is 0.916. The first-order valence-electron chi connectivity index (χ1n) is 7.04. The Morgan fingerprint density at radius 1 is 1.38 bits per heavy atom. The second-order valence-electron chi connectivity index (χ2n) is 5.55. The molecule has 3 heterocycles. The minimum Gasteiger partial charge on any atom is -0.343 e. The minimum absolute atomic E-state index is 0.0433. The Hall–Kier alpha value is -2.21. The van der Waals surface area contributed by atoms with E-state index in [2.05, 4.69) is 20.1 Å². The van der Waals surface area contributed by atoms with Crippen molar-refractivity contribution in [2.45, 2.75) is 19.5 Å². The Morgan fingerprint density at radius 3 is 2.86 bits per heavy atom. The van der Waals surface area contributed by atoms with Crippen LogP contribution in [-0.2, 0) is 19.5 Å². The van der Waals surface area contributed by atoms with E-state index in [1.807, 2.05) is 24.5 Å². The fraction of sp³-hybridized carbons (Fsp3) is 0.400. The first-order valence-corrected chi connectivity index (χ1v) is 7.04. The highest BCUT2D eigenvalue weighted by Crippen LogP contribution is 2.22. The molecule has 1 N–H and O–H groups in total. The van der Waals surface area contributed by atoms with Gasteiger partial charge in [-0.25, -0.2) is 0 Å². The standard InChI is InChI=1S/C15H19N5O/c1-19(2)15(21)14-12-10-20(8-5-13(12)17-18-14)9-11-3-6-16-7-4-11/h3-4,6-7H,5,8-10H2,1-2H3,(H,17,18). The lowest BCUT2D eigenvalue weighted by atomic mass is 10.0. The number of H-pyrrole nitrogens is 1. The van der Waals surface area contributed by atoms with Gasteiger partial charge in [0, 0.05) is 63.8 Å². The number of carbonyl (C=O) groups is 1. The normalized spacial score (nSPS) is 14.8. The Labute approximate surface area is 123 Å². The summed E-state index contributed by atoms with van der Waals surface area (Å²) in [6, 6.07) is 4.05. The molecule has 1 aliphatic rings. The lowest BCUT2D eigenvalue weighted by molar-refractivity contribution is 0.0819. The number of hydrogen-bond donors (Lipinski definition) is 1. The van der Waals surface area contributed by atoms with Crippen LogP contribution in [0.2, 0.25) is 0 Å². The van der Waals surface area contributed by atoms with Crippen molar-refractivity contribution in [2.24, 2.45) is 0 Å². The molecule has 2 aromatic heterocycles. The highest BCUT2D eigenvalue weighted by molar-refractivity contribution is 5.93. The molecule has 0 spiro atoms. The Balaban J connectivity index is 1.78. The van der Waals surface area contributed by atoms with Gasteiger partial charge in [-0.2, -0.15) is 5.10 Å². The molecular formula is C15H19N5O. The highest BCUT2D eigenvalue weighted by Gasteiger charge is 2.26. The molecule has 110 valence electrons. The topological polar surface area (TPSA) is 65.1 Å². The fourth-order valence-corrected chi connectivity index (χ4v) is 2.62. The summed E-state index contributed by atoms with van der Waals surface area (Å²) in [7, 11) is 3.50. The molecule has 1 aliphatic heterocycles. The van der Waals surface area contributed by atoms with E-state index in [0.717, 1.165) is 37.3 Å². The molecule has 0 radical (unpaired) electrons. The van der Waals surface area contributed by atoms with Crippen LogP contribution in [0, 0.1) is 0 Å². The van der Waals surface area contributed by atoms with Gasteiger partial charge in [0.05, 0.1) is 0 Å². The molecule has 0 bridgehead atoms. The molecule has 0 aromatic carbocycles.